The van der Waals surface area contributed by atoms with E-state index in [1.54, 1.807) is 18.2 Å². The zero-order valence-electron chi connectivity index (χ0n) is 16.6. The fraction of sp³-hybridized carbons (Fsp3) is 0.500. The third kappa shape index (κ3) is 4.91. The number of oxazole rings is 1. The number of nitrogens with one attached hydrogen (secondary N) is 1. The molecule has 4 rings (SSSR count). The largest absolute Gasteiger partial charge is 0.420 e. The molecule has 9 nitrogen and oxygen atoms in total. The minimum absolute atomic E-state index is 0.0118. The number of nitrogens with zero attached hydrogens (tertiary/aromatic N) is 4. The predicted octanol–water partition coefficient (Wildman–Crippen LogP) is 2.68. The van der Waals surface area contributed by atoms with Crippen molar-refractivity contribution >= 4 is 28.6 Å². The van der Waals surface area contributed by atoms with E-state index in [2.05, 4.69) is 20.4 Å². The van der Waals surface area contributed by atoms with Crippen molar-refractivity contribution in [2.24, 2.45) is 0 Å². The van der Waals surface area contributed by atoms with E-state index in [-0.39, 0.29) is 18.3 Å². The first kappa shape index (κ1) is 20.6. The summed E-state index contributed by atoms with van der Waals surface area (Å²) in [5.74, 6) is -0.901. The van der Waals surface area contributed by atoms with Gasteiger partial charge in [0.2, 0.25) is 0 Å². The van der Waals surface area contributed by atoms with E-state index < -0.39 is 11.7 Å². The van der Waals surface area contributed by atoms with Crippen molar-refractivity contribution in [2.45, 2.75) is 38.6 Å². The molecule has 10 heteroatoms. The molecule has 1 aliphatic rings. The van der Waals surface area contributed by atoms with Gasteiger partial charge in [0.05, 0.1) is 12.1 Å². The summed E-state index contributed by atoms with van der Waals surface area (Å²) in [5, 5.41) is 7.09. The average Bonchev–Trinajstić information content (AvgIpc) is 3.21. The lowest BCUT2D eigenvalue weighted by molar-refractivity contribution is 0.0908. The fourth-order valence-corrected chi connectivity index (χ4v) is 3.84. The number of benzene rings is 1. The van der Waals surface area contributed by atoms with Crippen LogP contribution in [-0.4, -0.2) is 51.7 Å². The minimum Gasteiger partial charge on any atom is -0.408 e. The maximum atomic E-state index is 12.3. The van der Waals surface area contributed by atoms with Crippen molar-refractivity contribution in [3.05, 3.63) is 45.5 Å². The number of hydrogen-bond acceptors (Lipinski definition) is 7. The maximum Gasteiger partial charge on any atom is 0.420 e. The number of carbonyl (C=O) groups excluding carboxylic acids is 1. The molecule has 1 aliphatic heterocycles. The quantitative estimate of drug-likeness (QED) is 0.571. The summed E-state index contributed by atoms with van der Waals surface area (Å²) in [6.07, 6.45) is 5.97. The number of hydrogen-bond donors (Lipinski definition) is 1. The number of amides is 1. The van der Waals surface area contributed by atoms with Gasteiger partial charge in [-0.3, -0.25) is 9.36 Å². The third-order valence-corrected chi connectivity index (χ3v) is 5.46. The van der Waals surface area contributed by atoms with E-state index >= 15 is 0 Å². The molecule has 1 N–H and O–H groups in total. The first-order valence-electron chi connectivity index (χ1n) is 10.2. The third-order valence-electron chi connectivity index (χ3n) is 5.23. The Hall–Kier alpha value is -2.65. The summed E-state index contributed by atoms with van der Waals surface area (Å²) >= 11 is 6.00. The lowest BCUT2D eigenvalue weighted by atomic mass is 10.2. The Balaban J connectivity index is 1.31. The number of rotatable bonds is 7. The van der Waals surface area contributed by atoms with Crippen LogP contribution in [0.1, 0.15) is 48.6 Å². The van der Waals surface area contributed by atoms with Crippen molar-refractivity contribution in [3.63, 3.8) is 0 Å². The first-order valence-corrected chi connectivity index (χ1v) is 10.6. The van der Waals surface area contributed by atoms with Gasteiger partial charge in [-0.15, -0.1) is 0 Å². The van der Waals surface area contributed by atoms with E-state index in [0.29, 0.717) is 22.7 Å². The molecule has 0 atom stereocenters. The van der Waals surface area contributed by atoms with Gasteiger partial charge in [-0.05, 0) is 57.1 Å². The highest BCUT2D eigenvalue weighted by molar-refractivity contribution is 6.31. The summed E-state index contributed by atoms with van der Waals surface area (Å²) in [6.45, 7) is 3.78. The highest BCUT2D eigenvalue weighted by Crippen LogP contribution is 2.19. The highest BCUT2D eigenvalue weighted by Gasteiger charge is 2.18. The summed E-state index contributed by atoms with van der Waals surface area (Å²) in [6, 6.07) is 4.89. The van der Waals surface area contributed by atoms with Crippen LogP contribution in [0.3, 0.4) is 0 Å². The monoisotopic (exact) mass is 433 g/mol. The van der Waals surface area contributed by atoms with E-state index in [4.69, 9.17) is 20.5 Å². The lowest BCUT2D eigenvalue weighted by Gasteiger charge is -2.19. The normalized spacial score (nSPS) is 15.4. The Morgan fingerprint density at radius 2 is 2.00 bits per heavy atom. The van der Waals surface area contributed by atoms with Gasteiger partial charge in [0, 0.05) is 11.6 Å². The standard InChI is InChI=1S/C20H24ClN5O4/c21-14-6-7-16-15(12-14)26(20(28)29-16)13-17-23-19(30-24-17)18(27)22-8-5-11-25-9-3-1-2-4-10-25/h6-7,12H,1-5,8-11,13H2,(H,22,27). The molecule has 0 aliphatic carbocycles. The zero-order valence-corrected chi connectivity index (χ0v) is 17.4. The fourth-order valence-electron chi connectivity index (χ4n) is 3.68. The van der Waals surface area contributed by atoms with Crippen LogP contribution in [0.15, 0.2) is 31.9 Å². The molecule has 0 spiro atoms. The van der Waals surface area contributed by atoms with E-state index in [9.17, 15) is 9.59 Å². The number of fused-ring (bicyclic) bond motifs is 1. The van der Waals surface area contributed by atoms with E-state index in [1.807, 2.05) is 0 Å². The van der Waals surface area contributed by atoms with Crippen LogP contribution in [0, 0.1) is 0 Å². The Morgan fingerprint density at radius 3 is 2.80 bits per heavy atom. The Bertz CT molecular complexity index is 1060. The molecule has 30 heavy (non-hydrogen) atoms. The van der Waals surface area contributed by atoms with Crippen LogP contribution in [-0.2, 0) is 6.54 Å². The molecule has 0 bridgehead atoms. The smallest absolute Gasteiger partial charge is 0.408 e. The SMILES string of the molecule is O=C(NCCCN1CCCCCC1)c1nc(Cn2c(=O)oc3ccc(Cl)cc32)no1. The van der Waals surface area contributed by atoms with Gasteiger partial charge in [-0.1, -0.05) is 29.6 Å². The zero-order chi connectivity index (χ0) is 20.9. The highest BCUT2D eigenvalue weighted by atomic mass is 35.5. The van der Waals surface area contributed by atoms with Gasteiger partial charge < -0.3 is 19.2 Å². The molecule has 0 saturated carbocycles. The summed E-state index contributed by atoms with van der Waals surface area (Å²) in [7, 11) is 0. The molecule has 3 heterocycles. The van der Waals surface area contributed by atoms with Gasteiger partial charge in [0.15, 0.2) is 11.4 Å². The molecule has 1 aromatic carbocycles. The molecule has 2 aromatic heterocycles. The van der Waals surface area contributed by atoms with Gasteiger partial charge in [0.25, 0.3) is 0 Å². The molecule has 0 unspecified atom stereocenters. The Morgan fingerprint density at radius 1 is 1.20 bits per heavy atom. The van der Waals surface area contributed by atoms with Crippen molar-refractivity contribution < 1.29 is 13.7 Å². The van der Waals surface area contributed by atoms with Crippen molar-refractivity contribution in [1.29, 1.82) is 0 Å². The van der Waals surface area contributed by atoms with Crippen LogP contribution in [0.5, 0.6) is 0 Å². The topological polar surface area (TPSA) is 106 Å². The molecule has 160 valence electrons. The van der Waals surface area contributed by atoms with Gasteiger partial charge >= 0.3 is 17.6 Å². The van der Waals surface area contributed by atoms with Crippen LogP contribution < -0.4 is 11.1 Å². The number of halogens is 1. The van der Waals surface area contributed by atoms with E-state index in [1.165, 1.54) is 30.3 Å². The molecular formula is C20H24ClN5O4. The first-order chi connectivity index (χ1) is 14.6. The van der Waals surface area contributed by atoms with Crippen molar-refractivity contribution in [3.8, 4) is 0 Å². The van der Waals surface area contributed by atoms with Crippen LogP contribution in [0.25, 0.3) is 11.1 Å². The van der Waals surface area contributed by atoms with Crippen LogP contribution in [0.4, 0.5) is 0 Å². The minimum atomic E-state index is -0.559. The maximum absolute atomic E-state index is 12.3. The average molecular weight is 434 g/mol. The second kappa shape index (κ2) is 9.44. The van der Waals surface area contributed by atoms with Crippen LogP contribution in [0.2, 0.25) is 5.02 Å². The molecule has 1 amide bonds. The number of aromatic nitrogens is 3. The summed E-state index contributed by atoms with van der Waals surface area (Å²) < 4.78 is 11.6. The second-order valence-electron chi connectivity index (χ2n) is 7.45. The molecule has 3 aromatic rings. The van der Waals surface area contributed by atoms with Crippen LogP contribution >= 0.6 is 11.6 Å². The van der Waals surface area contributed by atoms with Gasteiger partial charge in [-0.2, -0.15) is 4.98 Å². The van der Waals surface area contributed by atoms with Crippen molar-refractivity contribution in [2.75, 3.05) is 26.2 Å². The van der Waals surface area contributed by atoms with Crippen molar-refractivity contribution in [1.82, 2.24) is 24.9 Å². The molecule has 1 fully saturated rings. The Labute approximate surface area is 178 Å². The van der Waals surface area contributed by atoms with Gasteiger partial charge in [0.1, 0.15) is 0 Å². The second-order valence-corrected chi connectivity index (χ2v) is 7.88. The summed E-state index contributed by atoms with van der Waals surface area (Å²) in [5.41, 5.74) is 0.937. The molecule has 1 saturated heterocycles. The molecular weight excluding hydrogens is 410 g/mol. The van der Waals surface area contributed by atoms with Gasteiger partial charge in [-0.25, -0.2) is 4.79 Å². The Kier molecular flexibility index (Phi) is 6.49. The number of carbonyl (C=O) groups is 1. The lowest BCUT2D eigenvalue weighted by Crippen LogP contribution is -2.30. The predicted molar refractivity (Wildman–Crippen MR) is 111 cm³/mol. The number of likely N-dealkylation sites (tertiary alicyclic amines) is 1. The van der Waals surface area contributed by atoms with E-state index in [0.717, 1.165) is 26.1 Å². The molecule has 0 radical (unpaired) electrons. The summed E-state index contributed by atoms with van der Waals surface area (Å²) in [4.78, 5) is 30.9.